The normalized spacial score (nSPS) is 11.3. The molecule has 0 fully saturated rings. The second-order valence-electron chi connectivity index (χ2n) is 7.43. The Bertz CT molecular complexity index is 1050. The molecule has 2 aromatic carbocycles. The van der Waals surface area contributed by atoms with E-state index >= 15 is 0 Å². The molecule has 4 nitrogen and oxygen atoms in total. The first-order chi connectivity index (χ1) is 13.8. The summed E-state index contributed by atoms with van der Waals surface area (Å²) in [5.41, 5.74) is 4.13. The number of hydrogen-bond acceptors (Lipinski definition) is 4. The van der Waals surface area contributed by atoms with Crippen LogP contribution in [0.15, 0.2) is 42.5 Å². The van der Waals surface area contributed by atoms with Crippen molar-refractivity contribution in [2.24, 2.45) is 0 Å². The number of aryl methyl sites for hydroxylation is 2. The van der Waals surface area contributed by atoms with E-state index in [1.54, 1.807) is 28.4 Å². The molecule has 0 atom stereocenters. The third kappa shape index (κ3) is 6.05. The minimum atomic E-state index is -0.0860. The van der Waals surface area contributed by atoms with E-state index in [4.69, 9.17) is 16.6 Å². The number of rotatable bonds is 7. The van der Waals surface area contributed by atoms with Crippen LogP contribution < -0.4 is 4.90 Å². The van der Waals surface area contributed by atoms with Crippen molar-refractivity contribution in [3.63, 3.8) is 0 Å². The van der Waals surface area contributed by atoms with E-state index in [1.807, 2.05) is 38.4 Å². The number of thiazole rings is 1. The SMILES string of the molecule is Cc1cc(C)c2nc(N(CCCN(C)C)C(=O)C=Cc3ccccc3Cl)sc2c1.Cl. The number of hydrogen-bond donors (Lipinski definition) is 0. The van der Waals surface area contributed by atoms with Gasteiger partial charge in [0.1, 0.15) is 0 Å². The molecule has 0 aliphatic carbocycles. The highest BCUT2D eigenvalue weighted by atomic mass is 35.5. The first-order valence-corrected chi connectivity index (χ1v) is 10.8. The van der Waals surface area contributed by atoms with E-state index in [0.717, 1.165) is 39.4 Å². The summed E-state index contributed by atoms with van der Waals surface area (Å²) in [6.45, 7) is 5.66. The molecule has 7 heteroatoms. The molecule has 0 unspecified atom stereocenters. The van der Waals surface area contributed by atoms with Crippen LogP contribution in [0.3, 0.4) is 0 Å². The highest BCUT2D eigenvalue weighted by molar-refractivity contribution is 7.22. The van der Waals surface area contributed by atoms with Crippen molar-refractivity contribution in [1.29, 1.82) is 0 Å². The van der Waals surface area contributed by atoms with E-state index in [9.17, 15) is 4.79 Å². The van der Waals surface area contributed by atoms with Crippen LogP contribution in [-0.2, 0) is 4.79 Å². The minimum Gasteiger partial charge on any atom is -0.309 e. The molecule has 0 bridgehead atoms. The van der Waals surface area contributed by atoms with Crippen molar-refractivity contribution in [2.75, 3.05) is 32.1 Å². The average Bonchev–Trinajstić information content (AvgIpc) is 3.08. The fourth-order valence-electron chi connectivity index (χ4n) is 3.18. The zero-order valence-corrected chi connectivity index (χ0v) is 20.1. The lowest BCUT2D eigenvalue weighted by Crippen LogP contribution is -2.32. The Balaban J connectivity index is 0.00000320. The Labute approximate surface area is 193 Å². The van der Waals surface area contributed by atoms with Crippen molar-refractivity contribution < 1.29 is 4.79 Å². The van der Waals surface area contributed by atoms with Gasteiger partial charge >= 0.3 is 0 Å². The summed E-state index contributed by atoms with van der Waals surface area (Å²) in [5.74, 6) is -0.0860. The van der Waals surface area contributed by atoms with E-state index < -0.39 is 0 Å². The van der Waals surface area contributed by atoms with E-state index in [-0.39, 0.29) is 18.3 Å². The van der Waals surface area contributed by atoms with Crippen LogP contribution in [0.25, 0.3) is 16.3 Å². The standard InChI is InChI=1S/C23H26ClN3OS.ClH/c1-16-14-17(2)22-20(15-16)29-23(25-22)27(13-7-12-26(3)4)21(28)11-10-18-8-5-6-9-19(18)24;/h5-6,8-11,14-15H,7,12-13H2,1-4H3;1H. The molecule has 0 saturated carbocycles. The van der Waals surface area contributed by atoms with E-state index in [1.165, 1.54) is 5.56 Å². The van der Waals surface area contributed by atoms with Gasteiger partial charge in [-0.25, -0.2) is 4.98 Å². The predicted octanol–water partition coefficient (Wildman–Crippen LogP) is 5.99. The number of carbonyl (C=O) groups excluding carboxylic acids is 1. The number of fused-ring (bicyclic) bond motifs is 1. The molecule has 0 N–H and O–H groups in total. The zero-order chi connectivity index (χ0) is 21.0. The minimum absolute atomic E-state index is 0. The molecular formula is C23H27Cl2N3OS. The van der Waals surface area contributed by atoms with Crippen molar-refractivity contribution in [1.82, 2.24) is 9.88 Å². The fraction of sp³-hybridized carbons (Fsp3) is 0.304. The first kappa shape index (κ1) is 24.4. The number of benzene rings is 2. The molecule has 0 spiro atoms. The summed E-state index contributed by atoms with van der Waals surface area (Å²) >= 11 is 7.78. The van der Waals surface area contributed by atoms with E-state index in [2.05, 4.69) is 30.9 Å². The third-order valence-electron chi connectivity index (χ3n) is 4.61. The molecule has 160 valence electrons. The topological polar surface area (TPSA) is 36.4 Å². The van der Waals surface area contributed by atoms with Gasteiger partial charge < -0.3 is 4.90 Å². The van der Waals surface area contributed by atoms with Gasteiger partial charge in [0.05, 0.1) is 10.2 Å². The molecule has 1 amide bonds. The second-order valence-corrected chi connectivity index (χ2v) is 8.84. The number of amides is 1. The second kappa shape index (κ2) is 10.9. The maximum absolute atomic E-state index is 13.1. The molecule has 0 saturated heterocycles. The molecule has 0 aliphatic rings. The largest absolute Gasteiger partial charge is 0.309 e. The third-order valence-corrected chi connectivity index (χ3v) is 5.98. The molecule has 0 radical (unpaired) electrons. The van der Waals surface area contributed by atoms with Crippen LogP contribution in [0.5, 0.6) is 0 Å². The maximum Gasteiger partial charge on any atom is 0.252 e. The van der Waals surface area contributed by atoms with Gasteiger partial charge in [-0.15, -0.1) is 12.4 Å². The first-order valence-electron chi connectivity index (χ1n) is 9.62. The van der Waals surface area contributed by atoms with Gasteiger partial charge in [0, 0.05) is 17.6 Å². The van der Waals surface area contributed by atoms with Gasteiger partial charge in [-0.2, -0.15) is 0 Å². The van der Waals surface area contributed by atoms with Crippen LogP contribution in [0.1, 0.15) is 23.1 Å². The van der Waals surface area contributed by atoms with Crippen LogP contribution in [0.4, 0.5) is 5.13 Å². The monoisotopic (exact) mass is 463 g/mol. The Morgan fingerprint density at radius 1 is 1.17 bits per heavy atom. The lowest BCUT2D eigenvalue weighted by molar-refractivity contribution is -0.114. The summed E-state index contributed by atoms with van der Waals surface area (Å²) in [7, 11) is 4.07. The zero-order valence-electron chi connectivity index (χ0n) is 17.7. The highest BCUT2D eigenvalue weighted by Crippen LogP contribution is 2.32. The molecule has 1 heterocycles. The molecule has 30 heavy (non-hydrogen) atoms. The lowest BCUT2D eigenvalue weighted by Gasteiger charge is -2.19. The summed E-state index contributed by atoms with van der Waals surface area (Å²) in [6.07, 6.45) is 4.22. The van der Waals surface area contributed by atoms with E-state index in [0.29, 0.717) is 11.6 Å². The Kier molecular flexibility index (Phi) is 8.86. The Hall–Kier alpha value is -1.92. The van der Waals surface area contributed by atoms with Crippen LogP contribution in [0.2, 0.25) is 5.02 Å². The van der Waals surface area contributed by atoms with Crippen molar-refractivity contribution in [3.8, 4) is 0 Å². The van der Waals surface area contributed by atoms with Gasteiger partial charge in [0.25, 0.3) is 5.91 Å². The summed E-state index contributed by atoms with van der Waals surface area (Å²) in [5, 5.41) is 1.36. The van der Waals surface area contributed by atoms with Crippen molar-refractivity contribution in [2.45, 2.75) is 20.3 Å². The molecular weight excluding hydrogens is 437 g/mol. The number of nitrogens with zero attached hydrogens (tertiary/aromatic N) is 3. The van der Waals surface area contributed by atoms with Crippen LogP contribution in [0, 0.1) is 13.8 Å². The summed E-state index contributed by atoms with van der Waals surface area (Å²) < 4.78 is 1.11. The molecule has 1 aromatic heterocycles. The van der Waals surface area contributed by atoms with Crippen molar-refractivity contribution in [3.05, 3.63) is 64.2 Å². The van der Waals surface area contributed by atoms with Gasteiger partial charge in [-0.1, -0.05) is 47.2 Å². The molecule has 0 aliphatic heterocycles. The fourth-order valence-corrected chi connectivity index (χ4v) is 4.55. The Morgan fingerprint density at radius 3 is 2.60 bits per heavy atom. The van der Waals surface area contributed by atoms with Gasteiger partial charge in [0.2, 0.25) is 0 Å². The average molecular weight is 464 g/mol. The highest BCUT2D eigenvalue weighted by Gasteiger charge is 2.18. The predicted molar refractivity (Wildman–Crippen MR) is 132 cm³/mol. The quantitative estimate of drug-likeness (QED) is 0.403. The van der Waals surface area contributed by atoms with Crippen LogP contribution in [-0.4, -0.2) is 43.0 Å². The smallest absolute Gasteiger partial charge is 0.252 e. The number of carbonyl (C=O) groups is 1. The van der Waals surface area contributed by atoms with Crippen molar-refractivity contribution >= 4 is 62.7 Å². The summed E-state index contributed by atoms with van der Waals surface area (Å²) in [6, 6.07) is 11.8. The number of halogens is 2. The van der Waals surface area contributed by atoms with Crippen LogP contribution >= 0.6 is 35.3 Å². The number of anilines is 1. The summed E-state index contributed by atoms with van der Waals surface area (Å²) in [4.78, 5) is 21.8. The molecule has 3 rings (SSSR count). The number of aromatic nitrogens is 1. The maximum atomic E-state index is 13.1. The van der Waals surface area contributed by atoms with Gasteiger partial charge in [-0.3, -0.25) is 9.69 Å². The lowest BCUT2D eigenvalue weighted by atomic mass is 10.1. The van der Waals surface area contributed by atoms with Gasteiger partial charge in [0.15, 0.2) is 5.13 Å². The Morgan fingerprint density at radius 2 is 1.90 bits per heavy atom. The van der Waals surface area contributed by atoms with Gasteiger partial charge in [-0.05, 0) is 75.8 Å². The molecule has 3 aromatic rings.